The van der Waals surface area contributed by atoms with Crippen molar-refractivity contribution >= 4 is 18.9 Å². The molecule has 1 aliphatic heterocycles. The SMILES string of the molecule is ClCCOB1OCCCO1. The van der Waals surface area contributed by atoms with Crippen LogP contribution in [0.15, 0.2) is 0 Å². The summed E-state index contributed by atoms with van der Waals surface area (Å²) in [6.07, 6.45) is 0.945. The van der Waals surface area contributed by atoms with Gasteiger partial charge < -0.3 is 14.0 Å². The van der Waals surface area contributed by atoms with E-state index in [0.29, 0.717) is 25.7 Å². The van der Waals surface area contributed by atoms with Gasteiger partial charge in [-0.25, -0.2) is 0 Å². The van der Waals surface area contributed by atoms with E-state index in [-0.39, 0.29) is 0 Å². The molecule has 3 nitrogen and oxygen atoms in total. The van der Waals surface area contributed by atoms with Gasteiger partial charge in [0.25, 0.3) is 0 Å². The molecule has 0 aromatic rings. The van der Waals surface area contributed by atoms with Crippen LogP contribution in [0.3, 0.4) is 0 Å². The predicted octanol–water partition coefficient (Wildman–Crippen LogP) is 0.664. The molecule has 1 aliphatic rings. The molecule has 1 rings (SSSR count). The average molecular weight is 164 g/mol. The molecule has 0 N–H and O–H groups in total. The van der Waals surface area contributed by atoms with Crippen molar-refractivity contribution in [3.63, 3.8) is 0 Å². The van der Waals surface area contributed by atoms with Gasteiger partial charge in [-0.2, -0.15) is 0 Å². The van der Waals surface area contributed by atoms with E-state index in [1.54, 1.807) is 0 Å². The molecule has 0 aliphatic carbocycles. The van der Waals surface area contributed by atoms with Crippen molar-refractivity contribution in [1.29, 1.82) is 0 Å². The minimum Gasteiger partial charge on any atom is -0.386 e. The van der Waals surface area contributed by atoms with Gasteiger partial charge in [0.05, 0.1) is 0 Å². The molecule has 58 valence electrons. The van der Waals surface area contributed by atoms with E-state index >= 15 is 0 Å². The lowest BCUT2D eigenvalue weighted by atomic mass is 10.2. The molecule has 0 atom stereocenters. The van der Waals surface area contributed by atoms with Crippen LogP contribution in [-0.4, -0.2) is 33.0 Å². The Labute approximate surface area is 65.8 Å². The number of halogens is 1. The maximum absolute atomic E-state index is 5.38. The van der Waals surface area contributed by atoms with Crippen molar-refractivity contribution in [2.24, 2.45) is 0 Å². The van der Waals surface area contributed by atoms with Gasteiger partial charge in [0, 0.05) is 25.7 Å². The van der Waals surface area contributed by atoms with E-state index in [9.17, 15) is 0 Å². The minimum absolute atomic E-state index is 0.475. The van der Waals surface area contributed by atoms with Crippen molar-refractivity contribution in [1.82, 2.24) is 0 Å². The third-order valence-corrected chi connectivity index (χ3v) is 1.28. The third-order valence-electron chi connectivity index (χ3n) is 1.13. The van der Waals surface area contributed by atoms with Crippen LogP contribution in [0.5, 0.6) is 0 Å². The fraction of sp³-hybridized carbons (Fsp3) is 1.00. The normalized spacial score (nSPS) is 19.5. The smallest absolute Gasteiger partial charge is 0.386 e. The van der Waals surface area contributed by atoms with Gasteiger partial charge in [-0.05, 0) is 6.42 Å². The fourth-order valence-corrected chi connectivity index (χ4v) is 0.792. The Morgan fingerprint density at radius 3 is 2.70 bits per heavy atom. The molecule has 0 spiro atoms. The first-order valence-electron chi connectivity index (χ1n) is 3.34. The van der Waals surface area contributed by atoms with Crippen molar-refractivity contribution in [2.45, 2.75) is 6.42 Å². The maximum Gasteiger partial charge on any atom is 0.639 e. The molecule has 0 bridgehead atoms. The molecule has 1 saturated heterocycles. The summed E-state index contributed by atoms with van der Waals surface area (Å²) >= 11 is 5.38. The van der Waals surface area contributed by atoms with E-state index in [2.05, 4.69) is 0 Å². The fourth-order valence-electron chi connectivity index (χ4n) is 0.703. The Balaban J connectivity index is 2.02. The number of rotatable bonds is 3. The van der Waals surface area contributed by atoms with Crippen molar-refractivity contribution in [3.8, 4) is 0 Å². The lowest BCUT2D eigenvalue weighted by molar-refractivity contribution is 0.0567. The van der Waals surface area contributed by atoms with Crippen molar-refractivity contribution in [3.05, 3.63) is 0 Å². The standard InChI is InChI=1S/C5H10BClO3/c7-2-5-10-6-8-3-1-4-9-6/h1-5H2. The summed E-state index contributed by atoms with van der Waals surface area (Å²) in [7, 11) is -0.479. The second-order valence-electron chi connectivity index (χ2n) is 1.94. The van der Waals surface area contributed by atoms with Crippen molar-refractivity contribution in [2.75, 3.05) is 25.7 Å². The summed E-state index contributed by atoms with van der Waals surface area (Å²) in [6.45, 7) is 1.91. The van der Waals surface area contributed by atoms with Crippen LogP contribution in [-0.2, 0) is 14.0 Å². The van der Waals surface area contributed by atoms with Crippen LogP contribution < -0.4 is 0 Å². The van der Waals surface area contributed by atoms with Crippen LogP contribution in [0.25, 0.3) is 0 Å². The molecule has 0 unspecified atom stereocenters. The first kappa shape index (κ1) is 8.33. The molecule has 1 heterocycles. The highest BCUT2D eigenvalue weighted by Crippen LogP contribution is 2.01. The quantitative estimate of drug-likeness (QED) is 0.453. The van der Waals surface area contributed by atoms with E-state index in [4.69, 9.17) is 25.6 Å². The van der Waals surface area contributed by atoms with Gasteiger partial charge in [0.1, 0.15) is 0 Å². The zero-order valence-electron chi connectivity index (χ0n) is 5.72. The molecule has 5 heteroatoms. The topological polar surface area (TPSA) is 27.7 Å². The first-order chi connectivity index (χ1) is 4.93. The first-order valence-corrected chi connectivity index (χ1v) is 3.87. The van der Waals surface area contributed by atoms with Crippen LogP contribution in [0.4, 0.5) is 0 Å². The van der Waals surface area contributed by atoms with Gasteiger partial charge in [0.2, 0.25) is 0 Å². The van der Waals surface area contributed by atoms with E-state index in [0.717, 1.165) is 6.42 Å². The number of hydrogen-bond donors (Lipinski definition) is 0. The molecular formula is C5H10BClO3. The van der Waals surface area contributed by atoms with Gasteiger partial charge in [0.15, 0.2) is 0 Å². The zero-order valence-corrected chi connectivity index (χ0v) is 6.47. The van der Waals surface area contributed by atoms with Gasteiger partial charge in [-0.1, -0.05) is 0 Å². The molecule has 1 fully saturated rings. The zero-order chi connectivity index (χ0) is 7.23. The summed E-state index contributed by atoms with van der Waals surface area (Å²) in [5.41, 5.74) is 0. The molecular weight excluding hydrogens is 154 g/mol. The van der Waals surface area contributed by atoms with E-state index in [1.807, 2.05) is 0 Å². The van der Waals surface area contributed by atoms with Gasteiger partial charge in [-0.15, -0.1) is 11.6 Å². The molecule has 0 radical (unpaired) electrons. The lowest BCUT2D eigenvalue weighted by Crippen LogP contribution is -2.33. The minimum atomic E-state index is -0.479. The Morgan fingerprint density at radius 2 is 2.10 bits per heavy atom. The highest BCUT2D eigenvalue weighted by Gasteiger charge is 2.23. The monoisotopic (exact) mass is 164 g/mol. The van der Waals surface area contributed by atoms with Gasteiger partial charge in [-0.3, -0.25) is 0 Å². The van der Waals surface area contributed by atoms with Crippen molar-refractivity contribution < 1.29 is 14.0 Å². The summed E-state index contributed by atoms with van der Waals surface area (Å²) in [5, 5.41) is 0. The summed E-state index contributed by atoms with van der Waals surface area (Å²) in [5.74, 6) is 0.475. The molecule has 10 heavy (non-hydrogen) atoms. The molecule has 0 aromatic carbocycles. The van der Waals surface area contributed by atoms with Crippen LogP contribution in [0.2, 0.25) is 0 Å². The molecule has 0 aromatic heterocycles. The number of alkyl halides is 1. The highest BCUT2D eigenvalue weighted by molar-refractivity contribution is 6.36. The summed E-state index contributed by atoms with van der Waals surface area (Å²) in [4.78, 5) is 0. The summed E-state index contributed by atoms with van der Waals surface area (Å²) < 4.78 is 15.2. The Bertz CT molecular complexity index is 87.0. The molecule has 0 saturated carbocycles. The second-order valence-corrected chi connectivity index (χ2v) is 2.32. The van der Waals surface area contributed by atoms with Crippen LogP contribution in [0.1, 0.15) is 6.42 Å². The Morgan fingerprint density at radius 1 is 1.40 bits per heavy atom. The van der Waals surface area contributed by atoms with Gasteiger partial charge >= 0.3 is 7.32 Å². The average Bonchev–Trinajstić information content (AvgIpc) is 2.03. The predicted molar refractivity (Wildman–Crippen MR) is 38.9 cm³/mol. The third kappa shape index (κ3) is 2.88. The second kappa shape index (κ2) is 4.96. The van der Waals surface area contributed by atoms with Crippen LogP contribution in [0, 0.1) is 0 Å². The Kier molecular flexibility index (Phi) is 4.13. The number of hydrogen-bond acceptors (Lipinski definition) is 3. The van der Waals surface area contributed by atoms with E-state index < -0.39 is 7.32 Å². The maximum atomic E-state index is 5.38. The largest absolute Gasteiger partial charge is 0.639 e. The Hall–Kier alpha value is 0.235. The lowest BCUT2D eigenvalue weighted by Gasteiger charge is -2.18. The molecule has 0 amide bonds. The van der Waals surface area contributed by atoms with Crippen LogP contribution >= 0.6 is 11.6 Å². The van der Waals surface area contributed by atoms with E-state index in [1.165, 1.54) is 0 Å². The summed E-state index contributed by atoms with van der Waals surface area (Å²) in [6, 6.07) is 0. The highest BCUT2D eigenvalue weighted by atomic mass is 35.5.